The van der Waals surface area contributed by atoms with Crippen molar-refractivity contribution in [3.63, 3.8) is 0 Å². The zero-order valence-electron chi connectivity index (χ0n) is 12.0. The van der Waals surface area contributed by atoms with Crippen molar-refractivity contribution in [2.45, 2.75) is 44.4 Å². The van der Waals surface area contributed by atoms with Crippen molar-refractivity contribution in [2.24, 2.45) is 5.92 Å². The van der Waals surface area contributed by atoms with Gasteiger partial charge >= 0.3 is 6.18 Å². The number of alkyl halides is 3. The molecule has 22 heavy (non-hydrogen) atoms. The van der Waals surface area contributed by atoms with Gasteiger partial charge in [0.05, 0.1) is 6.20 Å². The molecule has 1 aromatic heterocycles. The Morgan fingerprint density at radius 3 is 2.73 bits per heavy atom. The van der Waals surface area contributed by atoms with E-state index in [-0.39, 0.29) is 24.4 Å². The van der Waals surface area contributed by atoms with Gasteiger partial charge in [-0.2, -0.15) is 13.2 Å². The Morgan fingerprint density at radius 1 is 1.32 bits per heavy atom. The smallest absolute Gasteiger partial charge is 0.381 e. The van der Waals surface area contributed by atoms with Gasteiger partial charge in [0.2, 0.25) is 5.91 Å². The van der Waals surface area contributed by atoms with E-state index in [4.69, 9.17) is 4.74 Å². The van der Waals surface area contributed by atoms with E-state index in [9.17, 15) is 18.0 Å². The number of hydrogen-bond donors (Lipinski definition) is 1. The van der Waals surface area contributed by atoms with Crippen molar-refractivity contribution in [3.05, 3.63) is 17.7 Å². The van der Waals surface area contributed by atoms with Crippen molar-refractivity contribution < 1.29 is 22.7 Å². The Labute approximate surface area is 125 Å². The molecule has 3 rings (SSSR count). The molecule has 1 atom stereocenters. The Balaban J connectivity index is 1.66. The number of nitrogens with zero attached hydrogens (tertiary/aromatic N) is 2. The predicted molar refractivity (Wildman–Crippen MR) is 71.0 cm³/mol. The van der Waals surface area contributed by atoms with Crippen LogP contribution in [0, 0.1) is 5.92 Å². The summed E-state index contributed by atoms with van der Waals surface area (Å²) in [5.74, 6) is 0.259. The molecule has 1 saturated heterocycles. The van der Waals surface area contributed by atoms with Crippen LogP contribution in [0.1, 0.15) is 30.8 Å². The fraction of sp³-hybridized carbons (Fsp3) is 0.714. The molecule has 8 heteroatoms. The first kappa shape index (κ1) is 15.3. The summed E-state index contributed by atoms with van der Waals surface area (Å²) in [7, 11) is 0. The second-order valence-electron chi connectivity index (χ2n) is 5.80. The standard InChI is InChI=1S/C14H18F3N3O2/c15-14(16,17)11-7-18-12-2-1-10(8-20(11)12)19-13(21)9-3-5-22-6-4-9/h7,9-10H,1-6,8H2,(H,19,21). The summed E-state index contributed by atoms with van der Waals surface area (Å²) in [6.45, 7) is 1.25. The predicted octanol–water partition coefficient (Wildman–Crippen LogP) is 1.76. The van der Waals surface area contributed by atoms with Crippen LogP contribution in [0.4, 0.5) is 13.2 Å². The van der Waals surface area contributed by atoms with E-state index in [0.717, 1.165) is 6.20 Å². The van der Waals surface area contributed by atoms with Crippen LogP contribution in [-0.2, 0) is 28.7 Å². The average molecular weight is 317 g/mol. The molecule has 0 radical (unpaired) electrons. The molecule has 0 spiro atoms. The molecule has 0 aromatic carbocycles. The lowest BCUT2D eigenvalue weighted by Gasteiger charge is -2.29. The van der Waals surface area contributed by atoms with E-state index < -0.39 is 11.9 Å². The molecule has 1 fully saturated rings. The highest BCUT2D eigenvalue weighted by molar-refractivity contribution is 5.79. The zero-order valence-corrected chi connectivity index (χ0v) is 12.0. The number of halogens is 3. The summed E-state index contributed by atoms with van der Waals surface area (Å²) >= 11 is 0. The van der Waals surface area contributed by atoms with E-state index in [1.165, 1.54) is 4.57 Å². The van der Waals surface area contributed by atoms with E-state index in [0.29, 0.717) is 44.7 Å². The SMILES string of the molecule is O=C(NC1CCc2ncc(C(F)(F)F)n2C1)C1CCOCC1. The minimum absolute atomic E-state index is 0.0783. The van der Waals surface area contributed by atoms with E-state index >= 15 is 0 Å². The third kappa shape index (κ3) is 3.11. The zero-order chi connectivity index (χ0) is 15.7. The van der Waals surface area contributed by atoms with Crippen LogP contribution in [0.25, 0.3) is 0 Å². The van der Waals surface area contributed by atoms with Crippen LogP contribution in [0.3, 0.4) is 0 Å². The highest BCUT2D eigenvalue weighted by Crippen LogP contribution is 2.31. The second-order valence-corrected chi connectivity index (χ2v) is 5.80. The normalized spacial score (nSPS) is 23.1. The summed E-state index contributed by atoms with van der Waals surface area (Å²) in [6.07, 6.45) is -1.15. The third-order valence-electron chi connectivity index (χ3n) is 4.29. The van der Waals surface area contributed by atoms with Gasteiger partial charge in [-0.1, -0.05) is 0 Å². The Kier molecular flexibility index (Phi) is 4.12. The monoisotopic (exact) mass is 317 g/mol. The summed E-state index contributed by atoms with van der Waals surface area (Å²) in [6, 6.07) is -0.279. The maximum atomic E-state index is 12.9. The first-order valence-electron chi connectivity index (χ1n) is 7.45. The molecule has 122 valence electrons. The van der Waals surface area contributed by atoms with Gasteiger partial charge in [-0.15, -0.1) is 0 Å². The van der Waals surface area contributed by atoms with E-state index in [1.54, 1.807) is 0 Å². The summed E-state index contributed by atoms with van der Waals surface area (Å²) < 4.78 is 45.2. The molecule has 1 unspecified atom stereocenters. The topological polar surface area (TPSA) is 56.2 Å². The molecular formula is C14H18F3N3O2. The second kappa shape index (κ2) is 5.91. The van der Waals surface area contributed by atoms with Gasteiger partial charge in [-0.25, -0.2) is 4.98 Å². The van der Waals surface area contributed by atoms with Crippen LogP contribution >= 0.6 is 0 Å². The number of hydrogen-bond acceptors (Lipinski definition) is 3. The summed E-state index contributed by atoms with van der Waals surface area (Å²) in [5, 5.41) is 2.89. The number of nitrogens with one attached hydrogen (secondary N) is 1. The Hall–Kier alpha value is -1.57. The molecule has 2 aliphatic heterocycles. The van der Waals surface area contributed by atoms with E-state index in [1.807, 2.05) is 0 Å². The van der Waals surface area contributed by atoms with Gasteiger partial charge in [0.25, 0.3) is 0 Å². The van der Waals surface area contributed by atoms with Crippen LogP contribution in [0.15, 0.2) is 6.20 Å². The number of carbonyl (C=O) groups is 1. The van der Waals surface area contributed by atoms with Crippen molar-refractivity contribution in [2.75, 3.05) is 13.2 Å². The van der Waals surface area contributed by atoms with Crippen molar-refractivity contribution in [1.29, 1.82) is 0 Å². The number of imidazole rings is 1. The summed E-state index contributed by atoms with van der Waals surface area (Å²) in [4.78, 5) is 16.0. The highest BCUT2D eigenvalue weighted by atomic mass is 19.4. The van der Waals surface area contributed by atoms with Gasteiger partial charge in [0, 0.05) is 38.1 Å². The molecule has 1 N–H and O–H groups in total. The number of fused-ring (bicyclic) bond motifs is 1. The molecule has 1 amide bonds. The molecule has 0 bridgehead atoms. The van der Waals surface area contributed by atoms with E-state index in [2.05, 4.69) is 10.3 Å². The molecule has 5 nitrogen and oxygen atoms in total. The average Bonchev–Trinajstić information content (AvgIpc) is 2.91. The summed E-state index contributed by atoms with van der Waals surface area (Å²) in [5.41, 5.74) is -0.743. The quantitative estimate of drug-likeness (QED) is 0.904. The largest absolute Gasteiger partial charge is 0.433 e. The van der Waals surface area contributed by atoms with Gasteiger partial charge in [-0.3, -0.25) is 4.79 Å². The molecule has 2 aliphatic rings. The molecule has 0 aliphatic carbocycles. The van der Waals surface area contributed by atoms with Crippen molar-refractivity contribution in [3.8, 4) is 0 Å². The minimum atomic E-state index is -4.42. The Morgan fingerprint density at radius 2 is 2.05 bits per heavy atom. The minimum Gasteiger partial charge on any atom is -0.381 e. The number of aryl methyl sites for hydroxylation is 1. The first-order chi connectivity index (χ1) is 10.4. The first-order valence-corrected chi connectivity index (χ1v) is 7.45. The molecule has 0 saturated carbocycles. The molecular weight excluding hydrogens is 299 g/mol. The maximum Gasteiger partial charge on any atom is 0.433 e. The fourth-order valence-electron chi connectivity index (χ4n) is 3.06. The van der Waals surface area contributed by atoms with Gasteiger partial charge < -0.3 is 14.6 Å². The molecule has 1 aromatic rings. The lowest BCUT2D eigenvalue weighted by Crippen LogP contribution is -2.45. The van der Waals surface area contributed by atoms with Crippen LogP contribution in [0.5, 0.6) is 0 Å². The third-order valence-corrected chi connectivity index (χ3v) is 4.29. The van der Waals surface area contributed by atoms with Crippen LogP contribution in [-0.4, -0.2) is 34.7 Å². The molecule has 3 heterocycles. The fourth-order valence-corrected chi connectivity index (χ4v) is 3.06. The number of aromatic nitrogens is 2. The maximum absolute atomic E-state index is 12.9. The van der Waals surface area contributed by atoms with Crippen LogP contribution < -0.4 is 5.32 Å². The van der Waals surface area contributed by atoms with Gasteiger partial charge in [-0.05, 0) is 19.3 Å². The number of carbonyl (C=O) groups excluding carboxylic acids is 1. The highest BCUT2D eigenvalue weighted by Gasteiger charge is 2.38. The number of amides is 1. The number of rotatable bonds is 2. The van der Waals surface area contributed by atoms with Crippen molar-refractivity contribution in [1.82, 2.24) is 14.9 Å². The lowest BCUT2D eigenvalue weighted by molar-refractivity contribution is -0.144. The van der Waals surface area contributed by atoms with Gasteiger partial charge in [0.15, 0.2) is 0 Å². The van der Waals surface area contributed by atoms with Crippen molar-refractivity contribution >= 4 is 5.91 Å². The van der Waals surface area contributed by atoms with Gasteiger partial charge in [0.1, 0.15) is 11.5 Å². The lowest BCUT2D eigenvalue weighted by atomic mass is 9.98. The Bertz CT molecular complexity index is 550. The van der Waals surface area contributed by atoms with Crippen LogP contribution in [0.2, 0.25) is 0 Å². The number of ether oxygens (including phenoxy) is 1.